The van der Waals surface area contributed by atoms with Crippen LogP contribution in [0.5, 0.6) is 11.5 Å². The van der Waals surface area contributed by atoms with Crippen molar-refractivity contribution in [2.24, 2.45) is 0 Å². The van der Waals surface area contributed by atoms with Gasteiger partial charge in [0.05, 0.1) is 33.3 Å². The summed E-state index contributed by atoms with van der Waals surface area (Å²) in [5, 5.41) is 14.1. The summed E-state index contributed by atoms with van der Waals surface area (Å²) in [6.45, 7) is 0.123. The second-order valence-electron chi connectivity index (χ2n) is 11.6. The molecule has 1 amide bonds. The fraction of sp³-hybridized carbons (Fsp3) is 0.211. The average molecular weight is 658 g/mol. The van der Waals surface area contributed by atoms with Crippen LogP contribution in [0.4, 0.5) is 5.82 Å². The zero-order valence-electron chi connectivity index (χ0n) is 27.0. The van der Waals surface area contributed by atoms with Crippen LogP contribution in [0.2, 0.25) is 0 Å². The third-order valence-corrected chi connectivity index (χ3v) is 8.69. The standard InChI is InChI=1S/C38H35N5O6/c1-46-31-20-12-19-29(33(31)47-2)38(26-15-8-4-9-16-26,27-17-10-5-11-18-27)48-22-28-21-30(44)37(49-28)43-24-41-32-34(39-23-40-35(32)43)42-36(45)25-13-6-3-7-14-25/h3-20,23-24,28,30,37,44H,21-22H2,1-2H3,(H,39,40,42,45). The molecule has 3 atom stereocenters. The number of nitrogens with one attached hydrogen (secondary N) is 1. The number of amides is 1. The van der Waals surface area contributed by atoms with E-state index in [9.17, 15) is 9.90 Å². The topological polar surface area (TPSA) is 130 Å². The molecule has 3 unspecified atom stereocenters. The summed E-state index contributed by atoms with van der Waals surface area (Å²) in [5.41, 5.74) is 2.65. The molecule has 2 N–H and O–H groups in total. The van der Waals surface area contributed by atoms with E-state index in [-0.39, 0.29) is 18.3 Å². The normalized spacial score (nSPS) is 17.6. The zero-order valence-corrected chi connectivity index (χ0v) is 27.0. The molecule has 0 saturated carbocycles. The molecule has 49 heavy (non-hydrogen) atoms. The number of methoxy groups -OCH3 is 2. The molecular weight excluding hydrogens is 622 g/mol. The number of aliphatic hydroxyl groups is 1. The summed E-state index contributed by atoms with van der Waals surface area (Å²) in [4.78, 5) is 26.0. The SMILES string of the molecule is COc1cccc(C(OCC2CC(O)C(n3cnc4c(NC(=O)c5ccccc5)ncnc43)O2)(c2ccccc2)c2ccccc2)c1OC. The van der Waals surface area contributed by atoms with E-state index in [4.69, 9.17) is 18.9 Å². The molecule has 11 nitrogen and oxygen atoms in total. The van der Waals surface area contributed by atoms with Gasteiger partial charge in [-0.25, -0.2) is 15.0 Å². The van der Waals surface area contributed by atoms with Gasteiger partial charge in [0.25, 0.3) is 5.91 Å². The Morgan fingerprint density at radius 2 is 1.55 bits per heavy atom. The first kappa shape index (κ1) is 32.0. The molecule has 1 aliphatic heterocycles. The molecule has 3 heterocycles. The zero-order chi connectivity index (χ0) is 33.8. The first-order valence-electron chi connectivity index (χ1n) is 15.9. The molecule has 0 bridgehead atoms. The van der Waals surface area contributed by atoms with Gasteiger partial charge in [-0.2, -0.15) is 0 Å². The monoisotopic (exact) mass is 657 g/mol. The van der Waals surface area contributed by atoms with Crippen molar-refractivity contribution in [2.75, 3.05) is 26.1 Å². The minimum atomic E-state index is -1.13. The van der Waals surface area contributed by atoms with E-state index in [0.29, 0.717) is 34.6 Å². The van der Waals surface area contributed by atoms with E-state index in [0.717, 1.165) is 16.7 Å². The van der Waals surface area contributed by atoms with E-state index < -0.39 is 24.0 Å². The Balaban J connectivity index is 1.20. The van der Waals surface area contributed by atoms with Gasteiger partial charge in [0.15, 0.2) is 34.7 Å². The van der Waals surface area contributed by atoms with Crippen molar-refractivity contribution >= 4 is 22.9 Å². The number of benzene rings is 4. The first-order valence-corrected chi connectivity index (χ1v) is 15.9. The highest BCUT2D eigenvalue weighted by atomic mass is 16.6. The van der Waals surface area contributed by atoms with Crippen molar-refractivity contribution < 1.29 is 28.8 Å². The minimum Gasteiger partial charge on any atom is -0.493 e. The minimum absolute atomic E-state index is 0.123. The average Bonchev–Trinajstić information content (AvgIpc) is 3.76. The lowest BCUT2D eigenvalue weighted by Gasteiger charge is -2.37. The summed E-state index contributed by atoms with van der Waals surface area (Å²) < 4.78 is 26.8. The summed E-state index contributed by atoms with van der Waals surface area (Å²) in [5.74, 6) is 1.05. The fourth-order valence-corrected chi connectivity index (χ4v) is 6.44. The van der Waals surface area contributed by atoms with Gasteiger partial charge in [0.1, 0.15) is 18.0 Å². The number of para-hydroxylation sites is 1. The number of hydrogen-bond donors (Lipinski definition) is 2. The van der Waals surface area contributed by atoms with Gasteiger partial charge in [-0.1, -0.05) is 91.0 Å². The summed E-state index contributed by atoms with van der Waals surface area (Å²) >= 11 is 0. The molecule has 0 spiro atoms. The van der Waals surface area contributed by atoms with Gasteiger partial charge < -0.3 is 29.4 Å². The Morgan fingerprint density at radius 1 is 0.878 bits per heavy atom. The molecule has 7 rings (SSSR count). The number of rotatable bonds is 11. The molecule has 4 aromatic carbocycles. The number of carbonyl (C=O) groups excluding carboxylic acids is 1. The van der Waals surface area contributed by atoms with Crippen LogP contribution in [0.1, 0.15) is 39.7 Å². The van der Waals surface area contributed by atoms with Crippen molar-refractivity contribution in [3.63, 3.8) is 0 Å². The van der Waals surface area contributed by atoms with Crippen LogP contribution in [-0.4, -0.2) is 63.6 Å². The van der Waals surface area contributed by atoms with Crippen LogP contribution in [0.25, 0.3) is 11.2 Å². The Kier molecular flexibility index (Phi) is 9.03. The number of carbonyl (C=O) groups is 1. The largest absolute Gasteiger partial charge is 0.493 e. The second kappa shape index (κ2) is 13.9. The van der Waals surface area contributed by atoms with Gasteiger partial charge in [0.2, 0.25) is 0 Å². The highest BCUT2D eigenvalue weighted by Gasteiger charge is 2.44. The van der Waals surface area contributed by atoms with E-state index in [2.05, 4.69) is 20.3 Å². The summed E-state index contributed by atoms with van der Waals surface area (Å²) in [6.07, 6.45) is 0.979. The molecule has 11 heteroatoms. The number of fused-ring (bicyclic) bond motifs is 1. The van der Waals surface area contributed by atoms with Crippen LogP contribution < -0.4 is 14.8 Å². The molecular formula is C38H35N5O6. The van der Waals surface area contributed by atoms with E-state index in [1.165, 1.54) is 12.7 Å². The van der Waals surface area contributed by atoms with Gasteiger partial charge in [-0.3, -0.25) is 9.36 Å². The number of ether oxygens (including phenoxy) is 4. The van der Waals surface area contributed by atoms with Crippen LogP contribution in [0.15, 0.2) is 122 Å². The smallest absolute Gasteiger partial charge is 0.256 e. The number of nitrogens with zero attached hydrogens (tertiary/aromatic N) is 4. The van der Waals surface area contributed by atoms with Crippen molar-refractivity contribution in [2.45, 2.75) is 30.5 Å². The highest BCUT2D eigenvalue weighted by molar-refractivity contribution is 6.06. The van der Waals surface area contributed by atoms with Crippen LogP contribution in [-0.2, 0) is 15.1 Å². The number of aliphatic hydroxyl groups excluding tert-OH is 1. The van der Waals surface area contributed by atoms with E-state index in [1.807, 2.05) is 84.9 Å². The first-order chi connectivity index (χ1) is 24.0. The van der Waals surface area contributed by atoms with Crippen molar-refractivity contribution in [1.29, 1.82) is 0 Å². The van der Waals surface area contributed by atoms with Crippen LogP contribution >= 0.6 is 0 Å². The molecule has 0 aliphatic carbocycles. The maximum Gasteiger partial charge on any atom is 0.256 e. The van der Waals surface area contributed by atoms with Gasteiger partial charge >= 0.3 is 0 Å². The van der Waals surface area contributed by atoms with Gasteiger partial charge in [0, 0.05) is 17.5 Å². The van der Waals surface area contributed by atoms with Crippen molar-refractivity contribution in [3.8, 4) is 11.5 Å². The molecule has 248 valence electrons. The Morgan fingerprint density at radius 3 is 2.20 bits per heavy atom. The molecule has 2 aromatic heterocycles. The quantitative estimate of drug-likeness (QED) is 0.167. The Bertz CT molecular complexity index is 2000. The fourth-order valence-electron chi connectivity index (χ4n) is 6.44. The van der Waals surface area contributed by atoms with Gasteiger partial charge in [-0.05, 0) is 29.3 Å². The lowest BCUT2D eigenvalue weighted by Crippen LogP contribution is -2.36. The molecule has 1 fully saturated rings. The summed E-state index contributed by atoms with van der Waals surface area (Å²) in [6, 6.07) is 34.4. The summed E-state index contributed by atoms with van der Waals surface area (Å²) in [7, 11) is 3.22. The third kappa shape index (κ3) is 5.99. The molecule has 6 aromatic rings. The number of imidazole rings is 1. The highest BCUT2D eigenvalue weighted by Crippen LogP contribution is 2.48. The maximum absolute atomic E-state index is 12.9. The van der Waals surface area contributed by atoms with Crippen LogP contribution in [0, 0.1) is 0 Å². The van der Waals surface area contributed by atoms with E-state index in [1.54, 1.807) is 43.1 Å². The maximum atomic E-state index is 12.9. The van der Waals surface area contributed by atoms with Crippen molar-refractivity contribution in [1.82, 2.24) is 19.5 Å². The second-order valence-corrected chi connectivity index (χ2v) is 11.6. The molecule has 1 saturated heterocycles. The molecule has 1 aliphatic rings. The van der Waals surface area contributed by atoms with E-state index >= 15 is 0 Å². The van der Waals surface area contributed by atoms with Gasteiger partial charge in [-0.15, -0.1) is 0 Å². The lowest BCUT2D eigenvalue weighted by molar-refractivity contribution is -0.0855. The number of hydrogen-bond acceptors (Lipinski definition) is 9. The predicted octanol–water partition coefficient (Wildman–Crippen LogP) is 5.75. The third-order valence-electron chi connectivity index (χ3n) is 8.69. The van der Waals surface area contributed by atoms with Crippen LogP contribution in [0.3, 0.4) is 0 Å². The number of anilines is 1. The molecule has 0 radical (unpaired) electrons. The lowest BCUT2D eigenvalue weighted by atomic mass is 9.79. The predicted molar refractivity (Wildman–Crippen MR) is 183 cm³/mol. The Hall–Kier alpha value is -5.62. The number of aromatic nitrogens is 4. The Labute approximate surface area is 283 Å². The van der Waals surface area contributed by atoms with Crippen molar-refractivity contribution in [3.05, 3.63) is 144 Å².